The van der Waals surface area contributed by atoms with E-state index in [-0.39, 0.29) is 10.2 Å². The van der Waals surface area contributed by atoms with Crippen molar-refractivity contribution in [2.45, 2.75) is 11.9 Å². The fraction of sp³-hybridized carbons (Fsp3) is 0.700. The van der Waals surface area contributed by atoms with Crippen LogP contribution in [0, 0.1) is 0 Å². The van der Waals surface area contributed by atoms with E-state index >= 15 is 0 Å². The molecule has 2 rings (SSSR count). The van der Waals surface area contributed by atoms with E-state index in [2.05, 4.69) is 16.8 Å². The summed E-state index contributed by atoms with van der Waals surface area (Å²) in [4.78, 5) is 6.10. The Morgan fingerprint density at radius 2 is 1.94 bits per heavy atom. The smallest absolute Gasteiger partial charge is 0.263 e. The zero-order chi connectivity index (χ0) is 13.3. The second-order valence-electron chi connectivity index (χ2n) is 4.29. The monoisotopic (exact) mass is 292 g/mol. The molecule has 18 heavy (non-hydrogen) atoms. The molecule has 0 spiro atoms. The molecule has 1 aromatic rings. The van der Waals surface area contributed by atoms with Crippen molar-refractivity contribution in [2.75, 3.05) is 32.7 Å². The van der Waals surface area contributed by atoms with E-state index in [1.165, 1.54) is 15.2 Å². The number of nitrogens with zero attached hydrogens (tertiary/aromatic N) is 4. The maximum Gasteiger partial charge on any atom is 0.263 e. The van der Waals surface area contributed by atoms with Crippen molar-refractivity contribution >= 4 is 21.6 Å². The average Bonchev–Trinajstić information content (AvgIpc) is 2.70. The zero-order valence-corrected chi connectivity index (χ0v) is 12.1. The van der Waals surface area contributed by atoms with Crippen molar-refractivity contribution in [3.63, 3.8) is 0 Å². The molecular weight excluding hydrogens is 276 g/mol. The molecule has 0 radical (unpaired) electrons. The van der Waals surface area contributed by atoms with Crippen LogP contribution in [0.1, 0.15) is 6.92 Å². The standard InChI is InChI=1S/C10H17ClN4O2S/c1-3-14-4-6-15(7-5-14)18(16,17)10-9(11)13(2)8-12-10/h8H,3-7H2,1-2H3. The summed E-state index contributed by atoms with van der Waals surface area (Å²) in [5.74, 6) is 0. The first-order chi connectivity index (χ1) is 8.46. The molecule has 6 nitrogen and oxygen atoms in total. The van der Waals surface area contributed by atoms with Gasteiger partial charge in [0, 0.05) is 33.2 Å². The minimum atomic E-state index is -3.56. The van der Waals surface area contributed by atoms with E-state index in [0.29, 0.717) is 13.1 Å². The van der Waals surface area contributed by atoms with Crippen LogP contribution >= 0.6 is 11.6 Å². The van der Waals surface area contributed by atoms with Gasteiger partial charge in [-0.25, -0.2) is 13.4 Å². The van der Waals surface area contributed by atoms with E-state index in [9.17, 15) is 8.42 Å². The van der Waals surface area contributed by atoms with E-state index in [4.69, 9.17) is 11.6 Å². The fourth-order valence-electron chi connectivity index (χ4n) is 1.98. The van der Waals surface area contributed by atoms with E-state index in [1.54, 1.807) is 7.05 Å². The van der Waals surface area contributed by atoms with Gasteiger partial charge in [0.2, 0.25) is 5.03 Å². The van der Waals surface area contributed by atoms with Gasteiger partial charge in [0.25, 0.3) is 10.0 Å². The van der Waals surface area contributed by atoms with Crippen LogP contribution in [0.25, 0.3) is 0 Å². The highest BCUT2D eigenvalue weighted by Gasteiger charge is 2.32. The number of hydrogen-bond acceptors (Lipinski definition) is 4. The van der Waals surface area contributed by atoms with Crippen molar-refractivity contribution in [1.82, 2.24) is 18.8 Å². The molecule has 1 aromatic heterocycles. The molecule has 0 saturated carbocycles. The van der Waals surface area contributed by atoms with E-state index in [1.807, 2.05) is 0 Å². The van der Waals surface area contributed by atoms with Crippen LogP contribution in [0.5, 0.6) is 0 Å². The molecule has 1 aliphatic rings. The molecule has 8 heteroatoms. The molecule has 1 aliphatic heterocycles. The summed E-state index contributed by atoms with van der Waals surface area (Å²) in [5.41, 5.74) is 0. The number of sulfonamides is 1. The number of imidazole rings is 1. The molecule has 0 unspecified atom stereocenters. The fourth-order valence-corrected chi connectivity index (χ4v) is 3.79. The van der Waals surface area contributed by atoms with Crippen LogP contribution in [-0.4, -0.2) is 59.9 Å². The summed E-state index contributed by atoms with van der Waals surface area (Å²) < 4.78 is 27.7. The van der Waals surface area contributed by atoms with Gasteiger partial charge in [0.1, 0.15) is 5.15 Å². The summed E-state index contributed by atoms with van der Waals surface area (Å²) >= 11 is 5.95. The number of rotatable bonds is 3. The highest BCUT2D eigenvalue weighted by molar-refractivity contribution is 7.89. The Morgan fingerprint density at radius 3 is 2.39 bits per heavy atom. The molecule has 0 atom stereocenters. The van der Waals surface area contributed by atoms with Crippen LogP contribution in [0.3, 0.4) is 0 Å². The number of aromatic nitrogens is 2. The SMILES string of the molecule is CCN1CCN(S(=O)(=O)c2ncn(C)c2Cl)CC1. The summed E-state index contributed by atoms with van der Waals surface area (Å²) in [6.45, 7) is 5.49. The van der Waals surface area contributed by atoms with Crippen molar-refractivity contribution in [1.29, 1.82) is 0 Å². The first-order valence-corrected chi connectivity index (χ1v) is 7.68. The van der Waals surface area contributed by atoms with Gasteiger partial charge >= 0.3 is 0 Å². The van der Waals surface area contributed by atoms with E-state index in [0.717, 1.165) is 19.6 Å². The Hall–Kier alpha value is -0.630. The largest absolute Gasteiger partial charge is 0.324 e. The van der Waals surface area contributed by atoms with Crippen LogP contribution in [-0.2, 0) is 17.1 Å². The third-order valence-electron chi connectivity index (χ3n) is 3.20. The zero-order valence-electron chi connectivity index (χ0n) is 10.5. The normalized spacial score (nSPS) is 19.3. The third-order valence-corrected chi connectivity index (χ3v) is 5.59. The first kappa shape index (κ1) is 13.8. The minimum absolute atomic E-state index is 0.0448. The highest BCUT2D eigenvalue weighted by atomic mass is 35.5. The molecule has 102 valence electrons. The Bertz CT molecular complexity index is 520. The Labute approximate surface area is 112 Å². The van der Waals surface area contributed by atoms with Crippen molar-refractivity contribution in [3.05, 3.63) is 11.5 Å². The summed E-state index contributed by atoms with van der Waals surface area (Å²) in [6, 6.07) is 0. The molecular formula is C10H17ClN4O2S. The molecule has 0 aliphatic carbocycles. The van der Waals surface area contributed by atoms with Gasteiger partial charge in [-0.15, -0.1) is 0 Å². The van der Waals surface area contributed by atoms with Gasteiger partial charge < -0.3 is 9.47 Å². The predicted octanol–water partition coefficient (Wildman–Crippen LogP) is 0.400. The van der Waals surface area contributed by atoms with Crippen molar-refractivity contribution < 1.29 is 8.42 Å². The lowest BCUT2D eigenvalue weighted by molar-refractivity contribution is 0.196. The van der Waals surface area contributed by atoms with Crippen LogP contribution in [0.4, 0.5) is 0 Å². The quantitative estimate of drug-likeness (QED) is 0.809. The summed E-state index contributed by atoms with van der Waals surface area (Å²) in [7, 11) is -1.89. The van der Waals surface area contributed by atoms with Crippen LogP contribution in [0.2, 0.25) is 5.15 Å². The van der Waals surface area contributed by atoms with Gasteiger partial charge in [-0.05, 0) is 6.54 Å². The highest BCUT2D eigenvalue weighted by Crippen LogP contribution is 2.23. The number of aryl methyl sites for hydroxylation is 1. The minimum Gasteiger partial charge on any atom is -0.324 e. The van der Waals surface area contributed by atoms with Gasteiger partial charge in [0.05, 0.1) is 6.33 Å². The molecule has 1 fully saturated rings. The molecule has 0 bridgehead atoms. The van der Waals surface area contributed by atoms with Gasteiger partial charge in [-0.2, -0.15) is 4.31 Å². The van der Waals surface area contributed by atoms with E-state index < -0.39 is 10.0 Å². The molecule has 0 amide bonds. The van der Waals surface area contributed by atoms with Crippen LogP contribution < -0.4 is 0 Å². The van der Waals surface area contributed by atoms with Crippen molar-refractivity contribution in [3.8, 4) is 0 Å². The molecule has 0 aromatic carbocycles. The summed E-state index contributed by atoms with van der Waals surface area (Å²) in [6.07, 6.45) is 1.41. The number of hydrogen-bond donors (Lipinski definition) is 0. The second kappa shape index (κ2) is 5.16. The lowest BCUT2D eigenvalue weighted by atomic mass is 10.4. The number of piperazine rings is 1. The first-order valence-electron chi connectivity index (χ1n) is 5.86. The molecule has 2 heterocycles. The molecule has 0 N–H and O–H groups in total. The van der Waals surface area contributed by atoms with Gasteiger partial charge in [-0.3, -0.25) is 0 Å². The van der Waals surface area contributed by atoms with Crippen LogP contribution in [0.15, 0.2) is 11.4 Å². The third kappa shape index (κ3) is 2.40. The Kier molecular flexibility index (Phi) is 3.96. The van der Waals surface area contributed by atoms with Gasteiger partial charge in [0.15, 0.2) is 0 Å². The lowest BCUT2D eigenvalue weighted by Gasteiger charge is -2.32. The Balaban J connectivity index is 2.20. The summed E-state index contributed by atoms with van der Waals surface area (Å²) in [5, 5.41) is 0.115. The maximum absolute atomic E-state index is 12.4. The lowest BCUT2D eigenvalue weighted by Crippen LogP contribution is -2.48. The number of likely N-dealkylation sites (N-methyl/N-ethyl adjacent to an activating group) is 1. The molecule has 1 saturated heterocycles. The Morgan fingerprint density at radius 1 is 1.33 bits per heavy atom. The van der Waals surface area contributed by atoms with Gasteiger partial charge in [-0.1, -0.05) is 18.5 Å². The maximum atomic E-state index is 12.4. The number of halogens is 1. The average molecular weight is 293 g/mol. The second-order valence-corrected chi connectivity index (χ2v) is 6.50. The van der Waals surface area contributed by atoms with Crippen molar-refractivity contribution in [2.24, 2.45) is 7.05 Å². The predicted molar refractivity (Wildman–Crippen MR) is 69.1 cm³/mol. The topological polar surface area (TPSA) is 58.4 Å².